The van der Waals surface area contributed by atoms with Crippen LogP contribution in [0, 0.1) is 11.8 Å². The minimum absolute atomic E-state index is 0.0598. The van der Waals surface area contributed by atoms with Crippen LogP contribution in [-0.2, 0) is 16.4 Å². The maximum absolute atomic E-state index is 12.8. The lowest BCUT2D eigenvalue weighted by atomic mass is 9.80. The summed E-state index contributed by atoms with van der Waals surface area (Å²) in [6, 6.07) is 7.15. The number of nitrogens with zero attached hydrogens (tertiary/aromatic N) is 4. The van der Waals surface area contributed by atoms with Crippen LogP contribution in [0.15, 0.2) is 35.4 Å². The van der Waals surface area contributed by atoms with Gasteiger partial charge >= 0.3 is 0 Å². The summed E-state index contributed by atoms with van der Waals surface area (Å²) in [6.45, 7) is 2.29. The number of sulfonamides is 1. The first kappa shape index (κ1) is 21.4. The van der Waals surface area contributed by atoms with E-state index in [9.17, 15) is 8.42 Å². The average molecular weight is 442 g/mol. The van der Waals surface area contributed by atoms with Gasteiger partial charge in [0.25, 0.3) is 0 Å². The van der Waals surface area contributed by atoms with E-state index in [0.29, 0.717) is 40.4 Å². The summed E-state index contributed by atoms with van der Waals surface area (Å²) in [5.74, 6) is 1.98. The predicted octanol–water partition coefficient (Wildman–Crippen LogP) is 2.92. The fourth-order valence-corrected chi connectivity index (χ4v) is 5.46. The molecule has 0 atom stereocenters. The minimum atomic E-state index is -4.05. The molecule has 31 heavy (non-hydrogen) atoms. The lowest BCUT2D eigenvalue weighted by molar-refractivity contribution is 0.277. The molecule has 0 amide bonds. The molecule has 1 fully saturated rings. The van der Waals surface area contributed by atoms with Crippen LogP contribution in [0.2, 0.25) is 0 Å². The van der Waals surface area contributed by atoms with Crippen molar-refractivity contribution in [2.24, 2.45) is 17.0 Å². The normalized spacial score (nSPS) is 19.4. The topological polar surface area (TPSA) is 154 Å². The van der Waals surface area contributed by atoms with Gasteiger partial charge in [-0.2, -0.15) is 0 Å². The summed E-state index contributed by atoms with van der Waals surface area (Å²) in [5.41, 5.74) is 8.06. The first-order valence-corrected chi connectivity index (χ1v) is 12.0. The van der Waals surface area contributed by atoms with Gasteiger partial charge in [0.15, 0.2) is 5.82 Å². The largest absolute Gasteiger partial charge is 0.384 e. The predicted molar refractivity (Wildman–Crippen MR) is 118 cm³/mol. The van der Waals surface area contributed by atoms with E-state index in [4.69, 9.17) is 10.9 Å². The maximum Gasteiger partial charge on any atom is 0.239 e. The number of hydrogen-bond acceptors (Lipinski definition) is 7. The van der Waals surface area contributed by atoms with Gasteiger partial charge in [0, 0.05) is 17.3 Å². The van der Waals surface area contributed by atoms with E-state index in [2.05, 4.69) is 32.5 Å². The van der Waals surface area contributed by atoms with E-state index in [1.807, 2.05) is 12.1 Å². The molecule has 1 aliphatic rings. The summed E-state index contributed by atoms with van der Waals surface area (Å²) in [5, 5.41) is 19.7. The van der Waals surface area contributed by atoms with Crippen LogP contribution < -0.4 is 10.9 Å². The maximum atomic E-state index is 12.8. The van der Waals surface area contributed by atoms with Crippen molar-refractivity contribution < 1.29 is 8.42 Å². The van der Waals surface area contributed by atoms with Crippen molar-refractivity contribution in [3.05, 3.63) is 36.0 Å². The number of aryl methyl sites for hydroxylation is 1. The van der Waals surface area contributed by atoms with Crippen LogP contribution in [0.3, 0.4) is 0 Å². The lowest BCUT2D eigenvalue weighted by Gasteiger charge is -2.26. The zero-order valence-corrected chi connectivity index (χ0v) is 18.3. The molecule has 164 valence electrons. The lowest BCUT2D eigenvalue weighted by Crippen LogP contribution is -2.18. The number of pyridine rings is 1. The second-order valence-corrected chi connectivity index (χ2v) is 9.91. The van der Waals surface area contributed by atoms with E-state index in [1.165, 1.54) is 25.7 Å². The second kappa shape index (κ2) is 8.72. The number of nitrogens with one attached hydrogen (secondary N) is 1. The van der Waals surface area contributed by atoms with Crippen molar-refractivity contribution in [2.45, 2.75) is 50.3 Å². The third-order valence-electron chi connectivity index (χ3n) is 6.16. The van der Waals surface area contributed by atoms with Crippen LogP contribution in [0.5, 0.6) is 0 Å². The van der Waals surface area contributed by atoms with Crippen molar-refractivity contribution in [3.8, 4) is 22.5 Å². The minimum Gasteiger partial charge on any atom is -0.384 e. The third-order valence-corrected chi connectivity index (χ3v) is 7.20. The highest BCUT2D eigenvalue weighted by Gasteiger charge is 2.27. The Kier molecular flexibility index (Phi) is 6.01. The molecule has 0 unspecified atom stereocenters. The van der Waals surface area contributed by atoms with E-state index in [-0.39, 0.29) is 10.7 Å². The van der Waals surface area contributed by atoms with Crippen LogP contribution >= 0.6 is 0 Å². The molecule has 0 spiro atoms. The Labute approximate surface area is 181 Å². The van der Waals surface area contributed by atoms with E-state index in [1.54, 1.807) is 18.3 Å². The quantitative estimate of drug-likeness (QED) is 0.531. The highest BCUT2D eigenvalue weighted by atomic mass is 32.2. The number of benzene rings is 1. The SMILES string of the molecule is C[C@H]1CC[C@@H](CCc2ccc(-c3ccc(N)nc3)c(-c3nnn[nH]3)c2S(N)(=O)=O)CC1. The van der Waals surface area contributed by atoms with Gasteiger partial charge in [-0.05, 0) is 58.4 Å². The summed E-state index contributed by atoms with van der Waals surface area (Å²) < 4.78 is 25.5. The number of aromatic nitrogens is 5. The number of nitrogen functional groups attached to an aromatic ring is 1. The Morgan fingerprint density at radius 3 is 2.52 bits per heavy atom. The Morgan fingerprint density at radius 1 is 1.13 bits per heavy atom. The Balaban J connectivity index is 1.79. The number of aromatic amines is 1. The van der Waals surface area contributed by atoms with Crippen LogP contribution in [-0.4, -0.2) is 34.0 Å². The molecule has 0 radical (unpaired) electrons. The zero-order valence-electron chi connectivity index (χ0n) is 17.5. The van der Waals surface area contributed by atoms with E-state index in [0.717, 1.165) is 12.3 Å². The Hall–Kier alpha value is -2.85. The molecule has 3 aromatic rings. The molecular weight excluding hydrogens is 414 g/mol. The summed E-state index contributed by atoms with van der Waals surface area (Å²) in [6.07, 6.45) is 7.95. The van der Waals surface area contributed by atoms with Crippen molar-refractivity contribution in [2.75, 3.05) is 5.73 Å². The first-order valence-electron chi connectivity index (χ1n) is 10.5. The van der Waals surface area contributed by atoms with Gasteiger partial charge in [0.05, 0.1) is 4.90 Å². The molecule has 10 heteroatoms. The number of primary sulfonamides is 1. The smallest absolute Gasteiger partial charge is 0.239 e. The fraction of sp³-hybridized carbons (Fsp3) is 0.429. The molecule has 1 aliphatic carbocycles. The van der Waals surface area contributed by atoms with Crippen molar-refractivity contribution in [1.29, 1.82) is 0 Å². The number of hydrogen-bond donors (Lipinski definition) is 3. The number of H-pyrrole nitrogens is 1. The van der Waals surface area contributed by atoms with Crippen molar-refractivity contribution in [1.82, 2.24) is 25.6 Å². The van der Waals surface area contributed by atoms with Gasteiger partial charge in [0.2, 0.25) is 10.0 Å². The molecule has 1 aromatic carbocycles. The average Bonchev–Trinajstić information content (AvgIpc) is 3.27. The van der Waals surface area contributed by atoms with Crippen LogP contribution in [0.1, 0.15) is 44.6 Å². The highest BCUT2D eigenvalue weighted by Crippen LogP contribution is 2.38. The monoisotopic (exact) mass is 441 g/mol. The van der Waals surface area contributed by atoms with Gasteiger partial charge in [0.1, 0.15) is 5.82 Å². The van der Waals surface area contributed by atoms with E-state index >= 15 is 0 Å². The Bertz CT molecular complexity index is 1140. The van der Waals surface area contributed by atoms with Gasteiger partial charge in [-0.1, -0.05) is 44.7 Å². The van der Waals surface area contributed by atoms with Crippen LogP contribution in [0.4, 0.5) is 5.82 Å². The summed E-state index contributed by atoms with van der Waals surface area (Å²) in [7, 11) is -4.05. The summed E-state index contributed by atoms with van der Waals surface area (Å²) in [4.78, 5) is 4.19. The first-order chi connectivity index (χ1) is 14.8. The third kappa shape index (κ3) is 4.75. The molecule has 4 rings (SSSR count). The molecule has 2 heterocycles. The molecule has 9 nitrogen and oxygen atoms in total. The van der Waals surface area contributed by atoms with E-state index < -0.39 is 10.0 Å². The standard InChI is InChI=1S/C21H27N7O2S/c1-13-2-4-14(5-3-13)6-7-15-8-10-17(16-9-11-18(22)24-12-16)19(20(15)31(23,29)30)21-25-27-28-26-21/h8-14H,2-7H2,1H3,(H2,22,24)(H2,23,29,30)(H,25,26,27,28)/t13-,14+. The van der Waals surface area contributed by atoms with Gasteiger partial charge in [-0.15, -0.1) is 5.10 Å². The molecule has 2 aromatic heterocycles. The second-order valence-electron chi connectivity index (χ2n) is 8.41. The van der Waals surface area contributed by atoms with Crippen LogP contribution in [0.25, 0.3) is 22.5 Å². The highest BCUT2D eigenvalue weighted by molar-refractivity contribution is 7.89. The molecule has 1 saturated carbocycles. The van der Waals surface area contributed by atoms with Gasteiger partial charge < -0.3 is 5.73 Å². The molecule has 0 aliphatic heterocycles. The number of anilines is 1. The number of rotatable bonds is 6. The van der Waals surface area contributed by atoms with Crippen molar-refractivity contribution in [3.63, 3.8) is 0 Å². The Morgan fingerprint density at radius 2 is 1.90 bits per heavy atom. The van der Waals surface area contributed by atoms with Gasteiger partial charge in [-0.25, -0.2) is 23.6 Å². The van der Waals surface area contributed by atoms with Gasteiger partial charge in [-0.3, -0.25) is 0 Å². The molecule has 0 saturated heterocycles. The molecular formula is C21H27N7O2S. The fourth-order valence-electron chi connectivity index (χ4n) is 4.43. The van der Waals surface area contributed by atoms with Crippen molar-refractivity contribution >= 4 is 15.8 Å². The zero-order chi connectivity index (χ0) is 22.0. The number of tetrazole rings is 1. The molecule has 5 N–H and O–H groups in total. The molecule has 0 bridgehead atoms. The number of nitrogens with two attached hydrogens (primary N) is 2. The summed E-state index contributed by atoms with van der Waals surface area (Å²) >= 11 is 0.